The van der Waals surface area contributed by atoms with Gasteiger partial charge in [0.05, 0.1) is 12.0 Å². The molecule has 0 saturated carbocycles. The van der Waals surface area contributed by atoms with Crippen LogP contribution in [-0.4, -0.2) is 24.1 Å². The number of alkyl halides is 3. The second-order valence-corrected chi connectivity index (χ2v) is 7.33. The van der Waals surface area contributed by atoms with Gasteiger partial charge in [-0.25, -0.2) is 14.5 Å². The maximum absolute atomic E-state index is 13.0. The van der Waals surface area contributed by atoms with Gasteiger partial charge in [0.15, 0.2) is 16.9 Å². The van der Waals surface area contributed by atoms with E-state index in [9.17, 15) is 18.0 Å². The Kier molecular flexibility index (Phi) is 4.79. The standard InChI is InChI=1S/C17H11ClF3N5O2S/c1-25-8-22-13-14(25)24-16(26(15(13)27)10-4-2-9(18)3-5-10)28-6-12-23-11(7-29-12)17(19,20)21/h2-5,7-8H,6H2,1H3. The number of fused-ring (bicyclic) bond motifs is 1. The molecular formula is C17H11ClF3N5O2S. The van der Waals surface area contributed by atoms with Crippen molar-refractivity contribution in [1.82, 2.24) is 24.1 Å². The van der Waals surface area contributed by atoms with Gasteiger partial charge in [-0.1, -0.05) is 11.6 Å². The fraction of sp³-hybridized carbons (Fsp3) is 0.176. The van der Waals surface area contributed by atoms with Crippen molar-refractivity contribution >= 4 is 34.1 Å². The van der Waals surface area contributed by atoms with Gasteiger partial charge in [-0.15, -0.1) is 11.3 Å². The lowest BCUT2D eigenvalue weighted by atomic mass is 10.3. The lowest BCUT2D eigenvalue weighted by Crippen LogP contribution is -2.22. The molecule has 0 aliphatic heterocycles. The van der Waals surface area contributed by atoms with Gasteiger partial charge in [0.25, 0.3) is 5.56 Å². The summed E-state index contributed by atoms with van der Waals surface area (Å²) in [5.74, 6) is 0. The van der Waals surface area contributed by atoms with Gasteiger partial charge in [-0.3, -0.25) is 4.79 Å². The van der Waals surface area contributed by atoms with Crippen molar-refractivity contribution in [1.29, 1.82) is 0 Å². The summed E-state index contributed by atoms with van der Waals surface area (Å²) in [4.78, 5) is 24.9. The number of thiazole rings is 1. The summed E-state index contributed by atoms with van der Waals surface area (Å²) < 4.78 is 46.6. The SMILES string of the molecule is Cn1cnc2c(=O)n(-c3ccc(Cl)cc3)c(OCc3nc(C(F)(F)F)cs3)nc21. The minimum Gasteiger partial charge on any atom is -0.457 e. The third kappa shape index (κ3) is 3.70. The lowest BCUT2D eigenvalue weighted by Gasteiger charge is -2.12. The summed E-state index contributed by atoms with van der Waals surface area (Å²) in [6, 6.07) is 6.27. The molecule has 0 N–H and O–H groups in total. The molecule has 0 atom stereocenters. The van der Waals surface area contributed by atoms with Crippen LogP contribution in [0.4, 0.5) is 13.2 Å². The number of benzene rings is 1. The fourth-order valence-corrected chi connectivity index (χ4v) is 3.43. The van der Waals surface area contributed by atoms with E-state index in [1.165, 1.54) is 10.9 Å². The molecule has 0 amide bonds. The van der Waals surface area contributed by atoms with Crippen LogP contribution in [-0.2, 0) is 19.8 Å². The summed E-state index contributed by atoms with van der Waals surface area (Å²) >= 11 is 6.71. The largest absolute Gasteiger partial charge is 0.457 e. The predicted molar refractivity (Wildman–Crippen MR) is 101 cm³/mol. The molecule has 0 bridgehead atoms. The van der Waals surface area contributed by atoms with Crippen LogP contribution in [0.25, 0.3) is 16.9 Å². The first-order valence-electron chi connectivity index (χ1n) is 8.08. The number of imidazole rings is 1. The topological polar surface area (TPSA) is 74.8 Å². The quantitative estimate of drug-likeness (QED) is 0.481. The first-order valence-corrected chi connectivity index (χ1v) is 9.34. The number of halogens is 4. The zero-order chi connectivity index (χ0) is 20.8. The van der Waals surface area contributed by atoms with Crippen LogP contribution >= 0.6 is 22.9 Å². The van der Waals surface area contributed by atoms with Crippen molar-refractivity contribution in [2.24, 2.45) is 7.05 Å². The summed E-state index contributed by atoms with van der Waals surface area (Å²) in [6.07, 6.45) is -3.10. The Morgan fingerprint density at radius 3 is 2.59 bits per heavy atom. The second-order valence-electron chi connectivity index (χ2n) is 5.95. The van der Waals surface area contributed by atoms with E-state index in [0.29, 0.717) is 10.7 Å². The Morgan fingerprint density at radius 1 is 1.21 bits per heavy atom. The minimum absolute atomic E-state index is 0.0966. The van der Waals surface area contributed by atoms with Crippen LogP contribution < -0.4 is 10.3 Å². The molecule has 0 aliphatic rings. The Morgan fingerprint density at radius 2 is 1.93 bits per heavy atom. The molecule has 0 aliphatic carbocycles. The van der Waals surface area contributed by atoms with Crippen LogP contribution in [0.1, 0.15) is 10.7 Å². The Balaban J connectivity index is 1.76. The third-order valence-electron chi connectivity index (χ3n) is 3.96. The van der Waals surface area contributed by atoms with E-state index in [-0.39, 0.29) is 28.8 Å². The Labute approximate surface area is 170 Å². The van der Waals surface area contributed by atoms with Gasteiger partial charge in [-0.2, -0.15) is 18.2 Å². The molecule has 29 heavy (non-hydrogen) atoms. The van der Waals surface area contributed by atoms with Crippen molar-refractivity contribution < 1.29 is 17.9 Å². The fourth-order valence-electron chi connectivity index (χ4n) is 2.59. The monoisotopic (exact) mass is 441 g/mol. The molecule has 0 saturated heterocycles. The van der Waals surface area contributed by atoms with Gasteiger partial charge in [0.2, 0.25) is 0 Å². The molecule has 0 spiro atoms. The van der Waals surface area contributed by atoms with Gasteiger partial charge in [0.1, 0.15) is 11.6 Å². The van der Waals surface area contributed by atoms with Crippen molar-refractivity contribution in [3.63, 3.8) is 0 Å². The van der Waals surface area contributed by atoms with Crippen molar-refractivity contribution in [2.45, 2.75) is 12.8 Å². The minimum atomic E-state index is -4.54. The maximum Gasteiger partial charge on any atom is 0.434 e. The van der Waals surface area contributed by atoms with Gasteiger partial charge < -0.3 is 9.30 Å². The number of aryl methyl sites for hydroxylation is 1. The van der Waals surface area contributed by atoms with Crippen LogP contribution in [0, 0.1) is 0 Å². The molecule has 1 aromatic carbocycles. The van der Waals surface area contributed by atoms with Crippen LogP contribution in [0.2, 0.25) is 5.02 Å². The number of aromatic nitrogens is 5. The molecule has 4 rings (SSSR count). The average molecular weight is 442 g/mol. The molecule has 3 aromatic heterocycles. The normalized spacial score (nSPS) is 11.9. The molecule has 12 heteroatoms. The predicted octanol–water partition coefficient (Wildman–Crippen LogP) is 3.83. The second kappa shape index (κ2) is 7.16. The van der Waals surface area contributed by atoms with Crippen molar-refractivity contribution in [3.05, 3.63) is 62.1 Å². The number of rotatable bonds is 4. The molecule has 0 unspecified atom stereocenters. The maximum atomic E-state index is 13.0. The lowest BCUT2D eigenvalue weighted by molar-refractivity contribution is -0.140. The first-order chi connectivity index (χ1) is 13.7. The molecule has 0 radical (unpaired) electrons. The van der Waals surface area contributed by atoms with E-state index in [1.807, 2.05) is 0 Å². The smallest absolute Gasteiger partial charge is 0.434 e. The third-order valence-corrected chi connectivity index (χ3v) is 5.03. The summed E-state index contributed by atoms with van der Waals surface area (Å²) in [7, 11) is 1.66. The van der Waals surface area contributed by atoms with E-state index in [2.05, 4.69) is 15.0 Å². The average Bonchev–Trinajstić information content (AvgIpc) is 3.29. The molecule has 7 nitrogen and oxygen atoms in total. The van der Waals surface area contributed by atoms with Gasteiger partial charge >= 0.3 is 12.2 Å². The number of ether oxygens (including phenoxy) is 1. The number of nitrogens with zero attached hydrogens (tertiary/aromatic N) is 5. The van der Waals surface area contributed by atoms with E-state index in [1.54, 1.807) is 35.9 Å². The van der Waals surface area contributed by atoms with E-state index in [4.69, 9.17) is 16.3 Å². The molecule has 4 aromatic rings. The van der Waals surface area contributed by atoms with Gasteiger partial charge in [-0.05, 0) is 24.3 Å². The molecule has 150 valence electrons. The highest BCUT2D eigenvalue weighted by molar-refractivity contribution is 7.09. The number of hydrogen-bond acceptors (Lipinski definition) is 6. The van der Waals surface area contributed by atoms with E-state index in [0.717, 1.165) is 16.7 Å². The van der Waals surface area contributed by atoms with E-state index >= 15 is 0 Å². The zero-order valence-electron chi connectivity index (χ0n) is 14.6. The molecule has 3 heterocycles. The highest BCUT2D eigenvalue weighted by Gasteiger charge is 2.33. The van der Waals surface area contributed by atoms with Crippen LogP contribution in [0.15, 0.2) is 40.8 Å². The van der Waals surface area contributed by atoms with E-state index < -0.39 is 17.4 Å². The Hall–Kier alpha value is -2.92. The molecular weight excluding hydrogens is 431 g/mol. The summed E-state index contributed by atoms with van der Waals surface area (Å²) in [5.41, 5.74) is -0.646. The summed E-state index contributed by atoms with van der Waals surface area (Å²) in [5, 5.41) is 1.47. The van der Waals surface area contributed by atoms with Crippen molar-refractivity contribution in [3.8, 4) is 11.7 Å². The zero-order valence-corrected chi connectivity index (χ0v) is 16.2. The summed E-state index contributed by atoms with van der Waals surface area (Å²) in [6.45, 7) is -0.288. The highest BCUT2D eigenvalue weighted by Crippen LogP contribution is 2.30. The highest BCUT2D eigenvalue weighted by atomic mass is 35.5. The van der Waals surface area contributed by atoms with Crippen molar-refractivity contribution in [2.75, 3.05) is 0 Å². The van der Waals surface area contributed by atoms with Gasteiger partial charge in [0, 0.05) is 17.5 Å². The Bertz CT molecular complexity index is 1250. The molecule has 0 fully saturated rings. The number of hydrogen-bond donors (Lipinski definition) is 0. The van der Waals surface area contributed by atoms with Crippen LogP contribution in [0.5, 0.6) is 6.01 Å². The first kappa shape index (κ1) is 19.4. The van der Waals surface area contributed by atoms with Crippen LogP contribution in [0.3, 0.4) is 0 Å².